The molecular weight excluding hydrogens is 427 g/mol. The quantitative estimate of drug-likeness (QED) is 0.255. The second-order valence-corrected chi connectivity index (χ2v) is 9.33. The monoisotopic (exact) mass is 440 g/mol. The van der Waals surface area contributed by atoms with E-state index >= 15 is 0 Å². The highest BCUT2D eigenvalue weighted by Crippen LogP contribution is 2.28. The van der Waals surface area contributed by atoms with Crippen LogP contribution in [0.1, 0.15) is 21.5 Å². The first kappa shape index (κ1) is 19.6. The number of carbonyl (C=O) groups is 1. The average molecular weight is 441 g/mol. The zero-order valence-electron chi connectivity index (χ0n) is 14.0. The van der Waals surface area contributed by atoms with Crippen LogP contribution in [0.3, 0.4) is 0 Å². The normalized spacial score (nSPS) is 10.9. The van der Waals surface area contributed by atoms with Crippen LogP contribution < -0.4 is 0 Å². The summed E-state index contributed by atoms with van der Waals surface area (Å²) in [6.45, 7) is 3.92. The first-order valence-electron chi connectivity index (χ1n) is 7.64. The molecule has 3 nitrogen and oxygen atoms in total. The number of aromatic nitrogens is 2. The van der Waals surface area contributed by atoms with Crippen LogP contribution in [-0.2, 0) is 0 Å². The number of rotatable bonds is 5. The number of benzene rings is 2. The molecular formula is C18H14Cl2N2OS3. The van der Waals surface area contributed by atoms with Gasteiger partial charge in [-0.25, -0.2) is 4.68 Å². The molecule has 134 valence electrons. The van der Waals surface area contributed by atoms with E-state index in [-0.39, 0.29) is 5.78 Å². The van der Waals surface area contributed by atoms with Gasteiger partial charge in [-0.2, -0.15) is 0 Å². The van der Waals surface area contributed by atoms with Crippen LogP contribution in [0.25, 0.3) is 5.69 Å². The number of nitrogens with zero attached hydrogens (tertiary/aromatic N) is 2. The molecule has 0 aliphatic rings. The summed E-state index contributed by atoms with van der Waals surface area (Å²) in [6.07, 6.45) is 0. The Kier molecular flexibility index (Phi) is 6.20. The lowest BCUT2D eigenvalue weighted by atomic mass is 10.0. The first-order chi connectivity index (χ1) is 12.3. The minimum absolute atomic E-state index is 0.0819. The number of aryl methyl sites for hydroxylation is 2. The third kappa shape index (κ3) is 4.38. The van der Waals surface area contributed by atoms with Gasteiger partial charge in [0.1, 0.15) is 0 Å². The predicted molar refractivity (Wildman–Crippen MR) is 113 cm³/mol. The van der Waals surface area contributed by atoms with Crippen LogP contribution in [0.4, 0.5) is 0 Å². The SMILES string of the molecule is Cc1ccc(C)c(C(=O)CSc2nn(-c3ccc(Cl)c(Cl)c3)c(=S)s2)c1. The molecule has 1 heterocycles. The van der Waals surface area contributed by atoms with Gasteiger partial charge in [-0.15, -0.1) is 5.10 Å². The minimum Gasteiger partial charge on any atom is -0.293 e. The second kappa shape index (κ2) is 8.23. The van der Waals surface area contributed by atoms with Gasteiger partial charge in [0, 0.05) is 5.56 Å². The average Bonchev–Trinajstić information content (AvgIpc) is 2.98. The van der Waals surface area contributed by atoms with Gasteiger partial charge in [-0.05, 0) is 55.9 Å². The molecule has 26 heavy (non-hydrogen) atoms. The number of hydrogen-bond donors (Lipinski definition) is 0. The molecule has 0 bridgehead atoms. The summed E-state index contributed by atoms with van der Waals surface area (Å²) in [5, 5.41) is 5.42. The molecule has 0 radical (unpaired) electrons. The fourth-order valence-electron chi connectivity index (χ4n) is 2.34. The summed E-state index contributed by atoms with van der Waals surface area (Å²) in [6, 6.07) is 11.1. The summed E-state index contributed by atoms with van der Waals surface area (Å²) in [5.41, 5.74) is 3.55. The molecule has 0 spiro atoms. The summed E-state index contributed by atoms with van der Waals surface area (Å²) in [4.78, 5) is 12.5. The van der Waals surface area contributed by atoms with E-state index < -0.39 is 0 Å². The van der Waals surface area contributed by atoms with E-state index in [2.05, 4.69) is 5.10 Å². The number of halogens is 2. The number of carbonyl (C=O) groups excluding carboxylic acids is 1. The second-order valence-electron chi connectivity index (χ2n) is 5.67. The molecule has 2 aromatic carbocycles. The third-order valence-corrected chi connectivity index (χ3v) is 6.80. The maximum atomic E-state index is 12.5. The van der Waals surface area contributed by atoms with E-state index in [1.54, 1.807) is 22.9 Å². The Hall–Kier alpha value is -1.18. The molecule has 0 aliphatic carbocycles. The molecule has 0 N–H and O–H groups in total. The molecule has 0 saturated heterocycles. The van der Waals surface area contributed by atoms with Crippen molar-refractivity contribution in [1.82, 2.24) is 9.78 Å². The van der Waals surface area contributed by atoms with Crippen molar-refractivity contribution in [1.29, 1.82) is 0 Å². The maximum Gasteiger partial charge on any atom is 0.184 e. The van der Waals surface area contributed by atoms with Gasteiger partial charge in [0.15, 0.2) is 14.1 Å². The van der Waals surface area contributed by atoms with E-state index in [4.69, 9.17) is 35.4 Å². The first-order valence-corrected chi connectivity index (χ1v) is 10.6. The lowest BCUT2D eigenvalue weighted by molar-refractivity contribution is 0.102. The summed E-state index contributed by atoms with van der Waals surface area (Å²) in [7, 11) is 0. The molecule has 0 aliphatic heterocycles. The van der Waals surface area contributed by atoms with Gasteiger partial charge in [0.25, 0.3) is 0 Å². The molecule has 0 fully saturated rings. The van der Waals surface area contributed by atoms with Crippen LogP contribution in [0.2, 0.25) is 10.0 Å². The van der Waals surface area contributed by atoms with Crippen LogP contribution >= 0.6 is 58.5 Å². The molecule has 3 aromatic rings. The Balaban J connectivity index is 1.77. The van der Waals surface area contributed by atoms with Gasteiger partial charge < -0.3 is 0 Å². The van der Waals surface area contributed by atoms with Crippen molar-refractivity contribution in [3.63, 3.8) is 0 Å². The highest BCUT2D eigenvalue weighted by atomic mass is 35.5. The zero-order chi connectivity index (χ0) is 18.8. The predicted octanol–water partition coefficient (Wildman–Crippen LogP) is 6.56. The Bertz CT molecular complexity index is 1040. The summed E-state index contributed by atoms with van der Waals surface area (Å²) < 4.78 is 2.96. The third-order valence-electron chi connectivity index (χ3n) is 3.70. The molecule has 0 atom stereocenters. The van der Waals surface area contributed by atoms with Gasteiger partial charge in [-0.3, -0.25) is 4.79 Å². The Morgan fingerprint density at radius 1 is 1.19 bits per heavy atom. The number of Topliss-reactive ketones (excluding diaryl/α,β-unsaturated/α-hetero) is 1. The smallest absolute Gasteiger partial charge is 0.184 e. The Labute approximate surface area is 175 Å². The summed E-state index contributed by atoms with van der Waals surface area (Å²) in [5.74, 6) is 0.395. The van der Waals surface area contributed by atoms with E-state index in [1.807, 2.05) is 32.0 Å². The maximum absolute atomic E-state index is 12.5. The Morgan fingerprint density at radius 3 is 2.69 bits per heavy atom. The number of hydrogen-bond acceptors (Lipinski definition) is 5. The van der Waals surface area contributed by atoms with Gasteiger partial charge in [-0.1, -0.05) is 64.0 Å². The van der Waals surface area contributed by atoms with Gasteiger partial charge >= 0.3 is 0 Å². The lowest BCUT2D eigenvalue weighted by Crippen LogP contribution is -2.05. The molecule has 3 rings (SSSR count). The number of thioether (sulfide) groups is 1. The van der Waals surface area contributed by atoms with Crippen molar-refractivity contribution < 1.29 is 4.79 Å². The topological polar surface area (TPSA) is 34.9 Å². The van der Waals surface area contributed by atoms with E-state index in [9.17, 15) is 4.79 Å². The van der Waals surface area contributed by atoms with Crippen LogP contribution in [0, 0.1) is 17.8 Å². The van der Waals surface area contributed by atoms with Crippen molar-refractivity contribution in [2.24, 2.45) is 0 Å². The molecule has 1 aromatic heterocycles. The van der Waals surface area contributed by atoms with Crippen molar-refractivity contribution in [3.05, 3.63) is 67.1 Å². The molecule has 8 heteroatoms. The minimum atomic E-state index is 0.0819. The molecule has 0 saturated carbocycles. The van der Waals surface area contributed by atoms with Gasteiger partial charge in [0.2, 0.25) is 0 Å². The standard InChI is InChI=1S/C18H14Cl2N2OS3/c1-10-3-4-11(2)13(7-10)16(23)9-25-17-21-22(18(24)26-17)12-5-6-14(19)15(20)8-12/h3-8H,9H2,1-2H3. The van der Waals surface area contributed by atoms with Crippen LogP contribution in [-0.4, -0.2) is 21.3 Å². The zero-order valence-corrected chi connectivity index (χ0v) is 17.9. The molecule has 0 unspecified atom stereocenters. The van der Waals surface area contributed by atoms with Crippen molar-refractivity contribution >= 4 is 64.3 Å². The largest absolute Gasteiger partial charge is 0.293 e. The fraction of sp³-hybridized carbons (Fsp3) is 0.167. The fourth-order valence-corrected chi connectivity index (χ4v) is 4.88. The van der Waals surface area contributed by atoms with Crippen molar-refractivity contribution in [2.75, 3.05) is 5.75 Å². The van der Waals surface area contributed by atoms with Crippen molar-refractivity contribution in [3.8, 4) is 5.69 Å². The highest BCUT2D eigenvalue weighted by Gasteiger charge is 2.13. The highest BCUT2D eigenvalue weighted by molar-refractivity contribution is 8.01. The Morgan fingerprint density at radius 2 is 1.96 bits per heavy atom. The number of ketones is 1. The van der Waals surface area contributed by atoms with E-state index in [0.29, 0.717) is 19.8 Å². The lowest BCUT2D eigenvalue weighted by Gasteiger charge is -2.05. The van der Waals surface area contributed by atoms with Crippen LogP contribution in [0.5, 0.6) is 0 Å². The van der Waals surface area contributed by atoms with Crippen LogP contribution in [0.15, 0.2) is 40.7 Å². The van der Waals surface area contributed by atoms with Crippen molar-refractivity contribution in [2.45, 2.75) is 18.2 Å². The van der Waals surface area contributed by atoms with E-state index in [1.165, 1.54) is 23.1 Å². The summed E-state index contributed by atoms with van der Waals surface area (Å²) >= 11 is 20.2. The van der Waals surface area contributed by atoms with E-state index in [0.717, 1.165) is 26.7 Å². The van der Waals surface area contributed by atoms with Gasteiger partial charge in [0.05, 0.1) is 21.5 Å². The molecule has 0 amide bonds.